The number of urea groups is 1. The summed E-state index contributed by atoms with van der Waals surface area (Å²) in [6.07, 6.45) is 0. The molecule has 108 valence electrons. The predicted octanol–water partition coefficient (Wildman–Crippen LogP) is -0.992. The number of nitrogens with one attached hydrogen (secondary N) is 2. The van der Waals surface area contributed by atoms with Crippen LogP contribution in [0.15, 0.2) is 0 Å². The molecule has 3 amide bonds. The number of carbonyl (C=O) groups excluding carboxylic acids is 2. The zero-order valence-corrected chi connectivity index (χ0v) is 11.1. The first-order chi connectivity index (χ1) is 8.83. The third-order valence-corrected chi connectivity index (χ3v) is 2.73. The molecule has 0 unspecified atom stereocenters. The first-order valence-corrected chi connectivity index (χ1v) is 5.94. The lowest BCUT2D eigenvalue weighted by molar-refractivity contribution is -0.137. The molecule has 19 heavy (non-hydrogen) atoms. The second kappa shape index (κ2) is 6.37. The van der Waals surface area contributed by atoms with E-state index in [4.69, 9.17) is 9.84 Å². The number of morpholine rings is 1. The number of hydrogen-bond acceptors (Lipinski definition) is 4. The molecule has 0 bridgehead atoms. The molecule has 1 heterocycles. The van der Waals surface area contributed by atoms with Crippen molar-refractivity contribution >= 4 is 17.9 Å². The van der Waals surface area contributed by atoms with Gasteiger partial charge in [0.25, 0.3) is 0 Å². The fourth-order valence-electron chi connectivity index (χ4n) is 1.72. The van der Waals surface area contributed by atoms with Gasteiger partial charge in [-0.25, -0.2) is 4.79 Å². The standard InChI is InChI=1S/C11H19N3O5/c1-11(2)7-19-4-3-14(11)10(18)13-5-8(15)12-6-9(16)17/h3-7H2,1-2H3,(H,12,15)(H,13,18)(H,16,17). The van der Waals surface area contributed by atoms with Crippen molar-refractivity contribution in [2.24, 2.45) is 0 Å². The van der Waals surface area contributed by atoms with Gasteiger partial charge in [0.2, 0.25) is 5.91 Å². The maximum Gasteiger partial charge on any atom is 0.322 e. The molecule has 1 aliphatic rings. The third-order valence-electron chi connectivity index (χ3n) is 2.73. The van der Waals surface area contributed by atoms with Gasteiger partial charge in [-0.2, -0.15) is 0 Å². The van der Waals surface area contributed by atoms with Crippen molar-refractivity contribution in [3.63, 3.8) is 0 Å². The highest BCUT2D eigenvalue weighted by atomic mass is 16.5. The van der Waals surface area contributed by atoms with E-state index in [0.717, 1.165) is 0 Å². The summed E-state index contributed by atoms with van der Waals surface area (Å²) >= 11 is 0. The van der Waals surface area contributed by atoms with E-state index in [1.807, 2.05) is 13.8 Å². The average Bonchev–Trinajstić information content (AvgIpc) is 2.32. The molecule has 1 rings (SSSR count). The summed E-state index contributed by atoms with van der Waals surface area (Å²) in [6, 6.07) is -0.362. The van der Waals surface area contributed by atoms with Crippen LogP contribution in [0.2, 0.25) is 0 Å². The van der Waals surface area contributed by atoms with E-state index in [-0.39, 0.29) is 12.6 Å². The van der Waals surface area contributed by atoms with E-state index in [2.05, 4.69) is 10.6 Å². The summed E-state index contributed by atoms with van der Waals surface area (Å²) in [5.41, 5.74) is -0.431. The summed E-state index contributed by atoms with van der Waals surface area (Å²) in [5.74, 6) is -1.67. The van der Waals surface area contributed by atoms with Crippen LogP contribution in [0.4, 0.5) is 4.79 Å². The monoisotopic (exact) mass is 273 g/mol. The summed E-state index contributed by atoms with van der Waals surface area (Å²) in [5, 5.41) is 13.0. The van der Waals surface area contributed by atoms with Gasteiger partial charge in [-0.1, -0.05) is 0 Å². The molecule has 0 aromatic carbocycles. The minimum atomic E-state index is -1.13. The molecule has 0 aliphatic carbocycles. The van der Waals surface area contributed by atoms with Crippen LogP contribution >= 0.6 is 0 Å². The van der Waals surface area contributed by atoms with E-state index in [1.54, 1.807) is 4.90 Å². The SMILES string of the molecule is CC1(C)COCCN1C(=O)NCC(=O)NCC(=O)O. The molecule has 0 saturated carbocycles. The Morgan fingerprint density at radius 2 is 1.95 bits per heavy atom. The molecule has 0 aromatic heterocycles. The highest BCUT2D eigenvalue weighted by molar-refractivity contribution is 5.86. The average molecular weight is 273 g/mol. The van der Waals surface area contributed by atoms with E-state index in [0.29, 0.717) is 19.8 Å². The first-order valence-electron chi connectivity index (χ1n) is 5.94. The minimum absolute atomic E-state index is 0.250. The van der Waals surface area contributed by atoms with E-state index >= 15 is 0 Å². The number of rotatable bonds is 4. The topological polar surface area (TPSA) is 108 Å². The molecule has 1 saturated heterocycles. The van der Waals surface area contributed by atoms with Crippen LogP contribution < -0.4 is 10.6 Å². The fraction of sp³-hybridized carbons (Fsp3) is 0.727. The third kappa shape index (κ3) is 4.74. The van der Waals surface area contributed by atoms with Crippen LogP contribution in [-0.4, -0.2) is 66.3 Å². The van der Waals surface area contributed by atoms with Crippen LogP contribution in [-0.2, 0) is 14.3 Å². The largest absolute Gasteiger partial charge is 0.480 e. The summed E-state index contributed by atoms with van der Waals surface area (Å²) in [6.45, 7) is 4.38. The summed E-state index contributed by atoms with van der Waals surface area (Å²) in [4.78, 5) is 35.0. The zero-order chi connectivity index (χ0) is 14.5. The Labute approximate surface area is 111 Å². The van der Waals surface area contributed by atoms with Crippen molar-refractivity contribution < 1.29 is 24.2 Å². The van der Waals surface area contributed by atoms with E-state index < -0.39 is 24.0 Å². The van der Waals surface area contributed by atoms with Crippen LogP contribution in [0.25, 0.3) is 0 Å². The van der Waals surface area contributed by atoms with Gasteiger partial charge in [0.1, 0.15) is 6.54 Å². The van der Waals surface area contributed by atoms with Crippen molar-refractivity contribution in [3.05, 3.63) is 0 Å². The highest BCUT2D eigenvalue weighted by Gasteiger charge is 2.34. The first kappa shape index (κ1) is 15.2. The summed E-state index contributed by atoms with van der Waals surface area (Å²) < 4.78 is 5.29. The van der Waals surface area contributed by atoms with Gasteiger partial charge in [0.15, 0.2) is 0 Å². The van der Waals surface area contributed by atoms with Crippen LogP contribution in [0.5, 0.6) is 0 Å². The smallest absolute Gasteiger partial charge is 0.322 e. The second-order valence-corrected chi connectivity index (χ2v) is 4.85. The number of hydrogen-bond donors (Lipinski definition) is 3. The van der Waals surface area contributed by atoms with Crippen molar-refractivity contribution in [3.8, 4) is 0 Å². The Morgan fingerprint density at radius 1 is 1.26 bits per heavy atom. The highest BCUT2D eigenvalue weighted by Crippen LogP contribution is 2.18. The fourth-order valence-corrected chi connectivity index (χ4v) is 1.72. The summed E-state index contributed by atoms with van der Waals surface area (Å²) in [7, 11) is 0. The zero-order valence-electron chi connectivity index (χ0n) is 11.1. The van der Waals surface area contributed by atoms with Crippen molar-refractivity contribution in [2.75, 3.05) is 32.8 Å². The molecule has 8 heteroatoms. The van der Waals surface area contributed by atoms with Gasteiger partial charge in [0, 0.05) is 6.54 Å². The second-order valence-electron chi connectivity index (χ2n) is 4.85. The number of ether oxygens (including phenoxy) is 1. The number of aliphatic carboxylic acids is 1. The maximum absolute atomic E-state index is 11.9. The van der Waals surface area contributed by atoms with Crippen LogP contribution in [0.1, 0.15) is 13.8 Å². The Morgan fingerprint density at radius 3 is 2.53 bits per heavy atom. The van der Waals surface area contributed by atoms with Gasteiger partial charge in [0.05, 0.1) is 25.3 Å². The lowest BCUT2D eigenvalue weighted by Crippen LogP contribution is -2.59. The van der Waals surface area contributed by atoms with Gasteiger partial charge in [-0.3, -0.25) is 9.59 Å². The van der Waals surface area contributed by atoms with Crippen molar-refractivity contribution in [1.29, 1.82) is 0 Å². The number of amides is 3. The molecule has 3 N–H and O–H groups in total. The molecular weight excluding hydrogens is 254 g/mol. The Kier molecular flexibility index (Phi) is 5.11. The molecule has 0 aromatic rings. The molecule has 0 spiro atoms. The Hall–Kier alpha value is -1.83. The lowest BCUT2D eigenvalue weighted by Gasteiger charge is -2.41. The quantitative estimate of drug-likeness (QED) is 0.609. The number of nitrogens with zero attached hydrogens (tertiary/aromatic N) is 1. The Balaban J connectivity index is 2.38. The number of carboxylic acids is 1. The molecular formula is C11H19N3O5. The lowest BCUT2D eigenvalue weighted by atomic mass is 10.0. The normalized spacial score (nSPS) is 17.7. The molecule has 1 aliphatic heterocycles. The minimum Gasteiger partial charge on any atom is -0.480 e. The molecule has 0 atom stereocenters. The maximum atomic E-state index is 11.9. The van der Waals surface area contributed by atoms with Gasteiger partial charge in [-0.05, 0) is 13.8 Å². The van der Waals surface area contributed by atoms with Crippen LogP contribution in [0, 0.1) is 0 Å². The van der Waals surface area contributed by atoms with Gasteiger partial charge >= 0.3 is 12.0 Å². The van der Waals surface area contributed by atoms with E-state index in [9.17, 15) is 14.4 Å². The number of carbonyl (C=O) groups is 3. The predicted molar refractivity (Wildman–Crippen MR) is 65.6 cm³/mol. The molecule has 8 nitrogen and oxygen atoms in total. The van der Waals surface area contributed by atoms with Gasteiger partial charge < -0.3 is 25.4 Å². The Bertz CT molecular complexity index is 369. The molecule has 0 radical (unpaired) electrons. The molecule has 1 fully saturated rings. The van der Waals surface area contributed by atoms with Crippen molar-refractivity contribution in [2.45, 2.75) is 19.4 Å². The van der Waals surface area contributed by atoms with Gasteiger partial charge in [-0.15, -0.1) is 0 Å². The van der Waals surface area contributed by atoms with Crippen molar-refractivity contribution in [1.82, 2.24) is 15.5 Å². The number of carboxylic acid groups (broad SMARTS) is 1. The van der Waals surface area contributed by atoms with E-state index in [1.165, 1.54) is 0 Å². The van der Waals surface area contributed by atoms with Crippen LogP contribution in [0.3, 0.4) is 0 Å².